The van der Waals surface area contributed by atoms with Crippen LogP contribution >= 0.6 is 0 Å². The molecule has 1 unspecified atom stereocenters. The Kier molecular flexibility index (Phi) is 2.66. The van der Waals surface area contributed by atoms with E-state index in [-0.39, 0.29) is 0 Å². The molecule has 1 aliphatic rings. The highest BCUT2D eigenvalue weighted by Crippen LogP contribution is 2.20. The zero-order valence-corrected chi connectivity index (χ0v) is 9.50. The van der Waals surface area contributed by atoms with Crippen molar-refractivity contribution >= 4 is 10.9 Å². The Bertz CT molecular complexity index is 466. The monoisotopic (exact) mass is 214 g/mol. The number of rotatable bonds is 2. The molecule has 1 aromatic heterocycles. The van der Waals surface area contributed by atoms with Gasteiger partial charge in [0.1, 0.15) is 0 Å². The molecule has 1 aromatic carbocycles. The molecule has 0 saturated carbocycles. The Labute approximate surface area is 96.1 Å². The van der Waals surface area contributed by atoms with Crippen molar-refractivity contribution in [3.8, 4) is 0 Å². The number of piperidine rings is 1. The van der Waals surface area contributed by atoms with Crippen LogP contribution in [0.2, 0.25) is 0 Å². The average molecular weight is 214 g/mol. The summed E-state index contributed by atoms with van der Waals surface area (Å²) >= 11 is 0. The Hall–Kier alpha value is -1.28. The molecular weight excluding hydrogens is 196 g/mol. The van der Waals surface area contributed by atoms with Crippen molar-refractivity contribution in [3.05, 3.63) is 36.0 Å². The van der Waals surface area contributed by atoms with E-state index < -0.39 is 0 Å². The van der Waals surface area contributed by atoms with Crippen LogP contribution in [0.3, 0.4) is 0 Å². The maximum atomic E-state index is 3.48. The lowest BCUT2D eigenvalue weighted by atomic mass is 9.92. The summed E-state index contributed by atoms with van der Waals surface area (Å²) in [6, 6.07) is 8.91. The van der Waals surface area contributed by atoms with Crippen molar-refractivity contribution in [1.82, 2.24) is 10.3 Å². The number of hydrogen-bond donors (Lipinski definition) is 2. The molecule has 2 nitrogen and oxygen atoms in total. The van der Waals surface area contributed by atoms with Crippen molar-refractivity contribution in [2.75, 3.05) is 13.1 Å². The number of H-pyrrole nitrogens is 1. The van der Waals surface area contributed by atoms with E-state index in [1.54, 1.807) is 0 Å². The Morgan fingerprint density at radius 2 is 2.25 bits per heavy atom. The molecule has 0 radical (unpaired) electrons. The van der Waals surface area contributed by atoms with Gasteiger partial charge in [-0.3, -0.25) is 0 Å². The Morgan fingerprint density at radius 3 is 3.12 bits per heavy atom. The van der Waals surface area contributed by atoms with Gasteiger partial charge in [0.25, 0.3) is 0 Å². The van der Waals surface area contributed by atoms with E-state index in [4.69, 9.17) is 0 Å². The highest BCUT2D eigenvalue weighted by Gasteiger charge is 2.13. The molecule has 2 heteroatoms. The zero-order valence-electron chi connectivity index (χ0n) is 9.50. The Balaban J connectivity index is 1.77. The van der Waals surface area contributed by atoms with Crippen molar-refractivity contribution in [2.45, 2.75) is 19.3 Å². The van der Waals surface area contributed by atoms with E-state index in [0.717, 1.165) is 5.92 Å². The molecule has 0 bridgehead atoms. The topological polar surface area (TPSA) is 27.8 Å². The second kappa shape index (κ2) is 4.30. The fourth-order valence-electron chi connectivity index (χ4n) is 2.65. The molecule has 16 heavy (non-hydrogen) atoms. The van der Waals surface area contributed by atoms with Crippen LogP contribution in [-0.4, -0.2) is 18.1 Å². The van der Waals surface area contributed by atoms with Crippen LogP contribution in [-0.2, 0) is 6.42 Å². The Morgan fingerprint density at radius 1 is 1.25 bits per heavy atom. The molecule has 1 saturated heterocycles. The molecule has 1 fully saturated rings. The first-order valence-electron chi connectivity index (χ1n) is 6.18. The van der Waals surface area contributed by atoms with Crippen LogP contribution in [0.4, 0.5) is 0 Å². The minimum atomic E-state index is 0.821. The van der Waals surface area contributed by atoms with Crippen LogP contribution < -0.4 is 5.32 Å². The van der Waals surface area contributed by atoms with Gasteiger partial charge in [-0.05, 0) is 61.4 Å². The van der Waals surface area contributed by atoms with Crippen LogP contribution in [0.25, 0.3) is 10.9 Å². The zero-order chi connectivity index (χ0) is 10.8. The van der Waals surface area contributed by atoms with Gasteiger partial charge in [0.2, 0.25) is 0 Å². The van der Waals surface area contributed by atoms with Crippen LogP contribution in [0.5, 0.6) is 0 Å². The van der Waals surface area contributed by atoms with Crippen LogP contribution in [0, 0.1) is 5.92 Å². The number of aromatic nitrogens is 1. The lowest BCUT2D eigenvalue weighted by Crippen LogP contribution is -2.30. The van der Waals surface area contributed by atoms with Gasteiger partial charge in [-0.25, -0.2) is 0 Å². The van der Waals surface area contributed by atoms with Gasteiger partial charge in [0, 0.05) is 11.7 Å². The lowest BCUT2D eigenvalue weighted by Gasteiger charge is -2.22. The minimum absolute atomic E-state index is 0.821. The van der Waals surface area contributed by atoms with Crippen LogP contribution in [0.15, 0.2) is 30.5 Å². The summed E-state index contributed by atoms with van der Waals surface area (Å²) in [5.41, 5.74) is 2.73. The van der Waals surface area contributed by atoms with Crippen molar-refractivity contribution < 1.29 is 0 Å². The second-order valence-corrected chi connectivity index (χ2v) is 4.82. The molecule has 1 atom stereocenters. The first-order valence-corrected chi connectivity index (χ1v) is 6.18. The molecule has 1 aliphatic heterocycles. The number of fused-ring (bicyclic) bond motifs is 1. The second-order valence-electron chi connectivity index (χ2n) is 4.82. The van der Waals surface area contributed by atoms with Crippen LogP contribution in [0.1, 0.15) is 18.4 Å². The fraction of sp³-hybridized carbons (Fsp3) is 0.429. The predicted octanol–water partition coefficient (Wildman–Crippen LogP) is 2.71. The van der Waals surface area contributed by atoms with E-state index in [9.17, 15) is 0 Å². The smallest absolute Gasteiger partial charge is 0.0456 e. The number of benzene rings is 1. The minimum Gasteiger partial charge on any atom is -0.361 e. The van der Waals surface area contributed by atoms with Gasteiger partial charge in [-0.15, -0.1) is 0 Å². The maximum absolute atomic E-state index is 3.48. The quantitative estimate of drug-likeness (QED) is 0.790. The van der Waals surface area contributed by atoms with E-state index in [1.807, 2.05) is 6.20 Å². The van der Waals surface area contributed by atoms with Gasteiger partial charge in [0.05, 0.1) is 0 Å². The molecule has 84 valence electrons. The molecule has 0 amide bonds. The molecule has 2 N–H and O–H groups in total. The summed E-state index contributed by atoms with van der Waals surface area (Å²) in [6.07, 6.45) is 5.92. The average Bonchev–Trinajstić information content (AvgIpc) is 2.77. The van der Waals surface area contributed by atoms with Gasteiger partial charge < -0.3 is 10.3 Å². The van der Waals surface area contributed by atoms with Gasteiger partial charge in [0.15, 0.2) is 0 Å². The van der Waals surface area contributed by atoms with E-state index in [2.05, 4.69) is 34.6 Å². The van der Waals surface area contributed by atoms with Gasteiger partial charge in [-0.2, -0.15) is 0 Å². The lowest BCUT2D eigenvalue weighted by molar-refractivity contribution is 0.376. The molecule has 2 heterocycles. The molecule has 0 spiro atoms. The standard InChI is InChI=1S/C14H18N2/c1-2-12(10-15-6-1)8-11-3-4-13-5-7-16-14(13)9-11/h3-5,7,9,12,15-16H,1-2,6,8,10H2. The van der Waals surface area contributed by atoms with E-state index in [1.165, 1.54) is 48.8 Å². The highest BCUT2D eigenvalue weighted by molar-refractivity contribution is 5.79. The van der Waals surface area contributed by atoms with E-state index in [0.29, 0.717) is 0 Å². The first-order chi connectivity index (χ1) is 7.92. The summed E-state index contributed by atoms with van der Waals surface area (Å²) in [4.78, 5) is 3.28. The highest BCUT2D eigenvalue weighted by atomic mass is 14.9. The SMILES string of the molecule is c1cc2ccc(CC3CCCNC3)cc2[nH]1. The van der Waals surface area contributed by atoms with Crippen molar-refractivity contribution in [1.29, 1.82) is 0 Å². The summed E-state index contributed by atoms with van der Waals surface area (Å²) in [5.74, 6) is 0.821. The van der Waals surface area contributed by atoms with Crippen molar-refractivity contribution in [2.24, 2.45) is 5.92 Å². The summed E-state index contributed by atoms with van der Waals surface area (Å²) in [7, 11) is 0. The number of nitrogens with one attached hydrogen (secondary N) is 2. The van der Waals surface area contributed by atoms with E-state index >= 15 is 0 Å². The maximum Gasteiger partial charge on any atom is 0.0456 e. The molecule has 3 rings (SSSR count). The van der Waals surface area contributed by atoms with Gasteiger partial charge >= 0.3 is 0 Å². The first kappa shape index (κ1) is 9.91. The van der Waals surface area contributed by atoms with Gasteiger partial charge in [-0.1, -0.05) is 12.1 Å². The molecule has 2 aromatic rings. The summed E-state index contributed by atoms with van der Waals surface area (Å²) in [6.45, 7) is 2.38. The number of hydrogen-bond acceptors (Lipinski definition) is 1. The third-order valence-electron chi connectivity index (χ3n) is 3.54. The largest absolute Gasteiger partial charge is 0.361 e. The summed E-state index contributed by atoms with van der Waals surface area (Å²) in [5, 5.41) is 4.79. The number of aromatic amines is 1. The normalized spacial score (nSPS) is 21.4. The third kappa shape index (κ3) is 1.98. The third-order valence-corrected chi connectivity index (χ3v) is 3.54. The van der Waals surface area contributed by atoms with Crippen molar-refractivity contribution in [3.63, 3.8) is 0 Å². The molecule has 0 aliphatic carbocycles. The fourth-order valence-corrected chi connectivity index (χ4v) is 2.65. The predicted molar refractivity (Wildman–Crippen MR) is 67.6 cm³/mol. The summed E-state index contributed by atoms with van der Waals surface area (Å²) < 4.78 is 0. The molecular formula is C14H18N2.